The summed E-state index contributed by atoms with van der Waals surface area (Å²) in [7, 11) is -9.09. The zero-order chi connectivity index (χ0) is 71.6. The molecule has 0 saturated heterocycles. The Kier molecular flexibility index (Phi) is 15.8. The molecular formula is C99H70N6Si3. The predicted octanol–water partition coefficient (Wildman–Crippen LogP) is 15.0. The first kappa shape index (κ1) is 64.2. The zero-order valence-electron chi connectivity index (χ0n) is 59.1. The molecular weight excluding hydrogens is 1360 g/mol. The standard InChI is InChI=1S/C99H70N6Si3/c1-11-37-72(38-12-1)103-93-67-65-87-85-58-31-34-61-91(85)105(96(87)95(93)88-64-62-84(70-94(88)103)108(79-51-25-8-26-52-79,80-53-27-9-28-54-80)81-55-29-10-30-56-81)99-101-97(71-36-35-57-82(68-71)106(73-39-13-2-14-40-73,74-41-15-3-16-42-74)75-43-17-4-18-44-75)100-98(102-99)104-90-60-33-32-59-86(90)89-69-83(63-66-92(89)104)107(76-45-19-5-20-46-76,77-47-21-6-22-48-77)78-49-23-7-24-50-78/h1-70H. The molecule has 16 aromatic carbocycles. The van der Waals surface area contributed by atoms with Crippen LogP contribution in [0.5, 0.6) is 0 Å². The van der Waals surface area contributed by atoms with Crippen molar-refractivity contribution < 1.29 is 0 Å². The van der Waals surface area contributed by atoms with Gasteiger partial charge in [0.05, 0.1) is 33.1 Å². The second-order valence-electron chi connectivity index (χ2n) is 28.1. The summed E-state index contributed by atoms with van der Waals surface area (Å²) in [5, 5.41) is 22.1. The van der Waals surface area contributed by atoms with Crippen molar-refractivity contribution in [1.29, 1.82) is 0 Å². The average molecular weight is 1430 g/mol. The highest BCUT2D eigenvalue weighted by Gasteiger charge is 2.45. The molecule has 0 amide bonds. The highest BCUT2D eigenvalue weighted by Crippen LogP contribution is 2.43. The average Bonchev–Trinajstić information content (AvgIpc) is 1.52. The van der Waals surface area contributed by atoms with E-state index >= 15 is 0 Å². The minimum absolute atomic E-state index is 0.504. The molecule has 9 heteroatoms. The van der Waals surface area contributed by atoms with Crippen LogP contribution >= 0.6 is 0 Å². The first-order valence-corrected chi connectivity index (χ1v) is 43.1. The molecule has 0 radical (unpaired) electrons. The third kappa shape index (κ3) is 10.1. The van der Waals surface area contributed by atoms with E-state index in [-0.39, 0.29) is 0 Å². The fraction of sp³-hybridized carbons (Fsp3) is 0. The van der Waals surface area contributed by atoms with E-state index in [1.165, 1.54) is 62.2 Å². The van der Waals surface area contributed by atoms with E-state index in [1.54, 1.807) is 0 Å². The van der Waals surface area contributed by atoms with Crippen molar-refractivity contribution in [2.45, 2.75) is 0 Å². The van der Waals surface area contributed by atoms with Gasteiger partial charge in [-0.3, -0.25) is 9.13 Å². The molecule has 0 aliphatic rings. The van der Waals surface area contributed by atoms with Crippen LogP contribution in [0.2, 0.25) is 0 Å². The Labute approximate surface area is 629 Å². The van der Waals surface area contributed by atoms with Crippen molar-refractivity contribution in [2.75, 3.05) is 0 Å². The first-order valence-electron chi connectivity index (χ1n) is 37.1. The Bertz CT molecular complexity index is 6410. The molecule has 0 bridgehead atoms. The molecule has 108 heavy (non-hydrogen) atoms. The Morgan fingerprint density at radius 3 is 0.954 bits per heavy atom. The van der Waals surface area contributed by atoms with Crippen LogP contribution in [-0.2, 0) is 0 Å². The van der Waals surface area contributed by atoms with Gasteiger partial charge in [-0.1, -0.05) is 382 Å². The van der Waals surface area contributed by atoms with Gasteiger partial charge in [-0.15, -0.1) is 0 Å². The smallest absolute Gasteiger partial charge is 0.240 e. The summed E-state index contributed by atoms with van der Waals surface area (Å²) in [5.41, 5.74) is 8.10. The van der Waals surface area contributed by atoms with Gasteiger partial charge >= 0.3 is 0 Å². The molecule has 6 nitrogen and oxygen atoms in total. The van der Waals surface area contributed by atoms with Gasteiger partial charge in [0.15, 0.2) is 30.0 Å². The van der Waals surface area contributed by atoms with Crippen LogP contribution in [0.1, 0.15) is 0 Å². The normalized spacial score (nSPS) is 12.1. The number of aromatic nitrogens is 6. The van der Waals surface area contributed by atoms with Gasteiger partial charge in [0.1, 0.15) is 0 Å². The Morgan fingerprint density at radius 2 is 0.509 bits per heavy atom. The molecule has 0 unspecified atom stereocenters. The Hall–Kier alpha value is -13.4. The quantitative estimate of drug-likeness (QED) is 0.0716. The number of para-hydroxylation sites is 3. The second kappa shape index (κ2) is 26.6. The lowest BCUT2D eigenvalue weighted by Crippen LogP contribution is -2.74. The van der Waals surface area contributed by atoms with Crippen LogP contribution < -0.4 is 62.2 Å². The predicted molar refractivity (Wildman–Crippen MR) is 459 cm³/mol. The fourth-order valence-corrected chi connectivity index (χ4v) is 32.4. The molecule has 0 aliphatic carbocycles. The summed E-state index contributed by atoms with van der Waals surface area (Å²) < 4.78 is 7.15. The van der Waals surface area contributed by atoms with Gasteiger partial charge in [0.25, 0.3) is 0 Å². The molecule has 0 spiro atoms. The number of rotatable bonds is 16. The van der Waals surface area contributed by atoms with Crippen LogP contribution in [0.15, 0.2) is 425 Å². The first-order chi connectivity index (χ1) is 53.6. The van der Waals surface area contributed by atoms with Crippen molar-refractivity contribution in [3.05, 3.63) is 425 Å². The molecule has 508 valence electrons. The molecule has 20 aromatic rings. The van der Waals surface area contributed by atoms with Crippen molar-refractivity contribution in [3.8, 4) is 29.0 Å². The lowest BCUT2D eigenvalue weighted by atomic mass is 10.1. The van der Waals surface area contributed by atoms with Gasteiger partial charge in [-0.25, -0.2) is 0 Å². The van der Waals surface area contributed by atoms with Crippen LogP contribution in [-0.4, -0.2) is 52.9 Å². The van der Waals surface area contributed by atoms with E-state index in [9.17, 15) is 0 Å². The summed E-state index contributed by atoms with van der Waals surface area (Å²) in [4.78, 5) is 17.8. The summed E-state index contributed by atoms with van der Waals surface area (Å²) >= 11 is 0. The largest absolute Gasteiger partial charge is 0.309 e. The Morgan fingerprint density at radius 1 is 0.185 bits per heavy atom. The van der Waals surface area contributed by atoms with Crippen LogP contribution in [0, 0.1) is 0 Å². The van der Waals surface area contributed by atoms with E-state index in [0.717, 1.165) is 76.7 Å². The third-order valence-corrected chi connectivity index (χ3v) is 36.9. The van der Waals surface area contributed by atoms with Gasteiger partial charge in [0, 0.05) is 43.6 Å². The van der Waals surface area contributed by atoms with E-state index in [1.807, 2.05) is 0 Å². The summed E-state index contributed by atoms with van der Waals surface area (Å²) in [6.45, 7) is 0. The second-order valence-corrected chi connectivity index (χ2v) is 39.5. The van der Waals surface area contributed by atoms with Crippen LogP contribution in [0.4, 0.5) is 0 Å². The van der Waals surface area contributed by atoms with Gasteiger partial charge < -0.3 is 4.57 Å². The highest BCUT2D eigenvalue weighted by atomic mass is 28.3. The fourth-order valence-electron chi connectivity index (χ4n) is 18.0. The number of hydrogen-bond donors (Lipinski definition) is 0. The molecule has 4 heterocycles. The van der Waals surface area contributed by atoms with Crippen molar-refractivity contribution in [3.63, 3.8) is 0 Å². The molecule has 0 fully saturated rings. The van der Waals surface area contributed by atoms with E-state index in [2.05, 4.69) is 438 Å². The minimum atomic E-state index is -3.07. The van der Waals surface area contributed by atoms with Gasteiger partial charge in [-0.05, 0) is 105 Å². The number of benzene rings is 16. The zero-order valence-corrected chi connectivity index (χ0v) is 62.1. The summed E-state index contributed by atoms with van der Waals surface area (Å²) in [5.74, 6) is 1.57. The van der Waals surface area contributed by atoms with Gasteiger partial charge in [0.2, 0.25) is 11.9 Å². The lowest BCUT2D eigenvalue weighted by Gasteiger charge is -2.34. The monoisotopic (exact) mass is 1430 g/mol. The van der Waals surface area contributed by atoms with Crippen molar-refractivity contribution in [2.24, 2.45) is 0 Å². The molecule has 4 aromatic heterocycles. The van der Waals surface area contributed by atoms with E-state index < -0.39 is 24.2 Å². The maximum Gasteiger partial charge on any atom is 0.240 e. The number of nitrogens with zero attached hydrogens (tertiary/aromatic N) is 6. The maximum atomic E-state index is 5.99. The Balaban J connectivity index is 0.893. The van der Waals surface area contributed by atoms with Crippen molar-refractivity contribution in [1.82, 2.24) is 28.7 Å². The van der Waals surface area contributed by atoms with Crippen LogP contribution in [0.3, 0.4) is 0 Å². The molecule has 0 atom stereocenters. The highest BCUT2D eigenvalue weighted by molar-refractivity contribution is 7.21. The molecule has 0 N–H and O–H groups in total. The molecule has 0 aliphatic heterocycles. The van der Waals surface area contributed by atoms with Crippen LogP contribution in [0.25, 0.3) is 94.4 Å². The van der Waals surface area contributed by atoms with Crippen molar-refractivity contribution >= 4 is 152 Å². The lowest BCUT2D eigenvalue weighted by molar-refractivity contribution is 0.894. The topological polar surface area (TPSA) is 53.5 Å². The maximum absolute atomic E-state index is 5.99. The molecule has 20 rings (SSSR count). The summed E-state index contributed by atoms with van der Waals surface area (Å²) in [6, 6.07) is 158. The number of hydrogen-bond acceptors (Lipinski definition) is 3. The number of fused-ring (bicyclic) bond motifs is 10. The van der Waals surface area contributed by atoms with E-state index in [0.29, 0.717) is 17.7 Å². The van der Waals surface area contributed by atoms with Gasteiger partial charge in [-0.2, -0.15) is 15.0 Å². The summed E-state index contributed by atoms with van der Waals surface area (Å²) in [6.07, 6.45) is 0. The minimum Gasteiger partial charge on any atom is -0.309 e. The van der Waals surface area contributed by atoms with E-state index in [4.69, 9.17) is 15.0 Å². The third-order valence-electron chi connectivity index (χ3n) is 22.5. The SMILES string of the molecule is c1ccc(-n2c3cc([Si](c4ccccc4)(c4ccccc4)c4ccccc4)ccc3c3c2ccc2c4ccccc4n(-c4nc(-c5cccc([Si](c6ccccc6)(c6ccccc6)c6ccccc6)c5)nc(-n5c6ccccc6c6cc([Si](c7ccccc7)(c7ccccc7)c7ccccc7)ccc65)n4)c23)cc1. The molecule has 0 saturated carbocycles.